The molecule has 1 aromatic carbocycles. The van der Waals surface area contributed by atoms with Gasteiger partial charge in [-0.2, -0.15) is 0 Å². The summed E-state index contributed by atoms with van der Waals surface area (Å²) in [4.78, 5) is 0. The summed E-state index contributed by atoms with van der Waals surface area (Å²) in [5.74, 6) is 0.299. The molecule has 0 atom stereocenters. The molecule has 72 valence electrons. The fourth-order valence-corrected chi connectivity index (χ4v) is 1.65. The summed E-state index contributed by atoms with van der Waals surface area (Å²) in [6.07, 6.45) is 1.40. The van der Waals surface area contributed by atoms with Gasteiger partial charge in [-0.25, -0.2) is 0 Å². The molecular formula is C10H13BrO2. The third-order valence-electron chi connectivity index (χ3n) is 2.05. The predicted molar refractivity (Wildman–Crippen MR) is 56.0 cm³/mol. The largest absolute Gasteiger partial charge is 0.506 e. The average Bonchev–Trinajstić information content (AvgIpc) is 2.12. The third-order valence-corrected chi connectivity index (χ3v) is 2.69. The third kappa shape index (κ3) is 2.45. The minimum atomic E-state index is 0.158. The maximum absolute atomic E-state index is 9.68. The second-order valence-electron chi connectivity index (χ2n) is 3.02. The van der Waals surface area contributed by atoms with E-state index in [-0.39, 0.29) is 6.61 Å². The zero-order valence-electron chi connectivity index (χ0n) is 7.55. The number of aromatic hydroxyl groups is 1. The van der Waals surface area contributed by atoms with Crippen LogP contribution in [0.4, 0.5) is 0 Å². The maximum atomic E-state index is 9.68. The highest BCUT2D eigenvalue weighted by Crippen LogP contribution is 2.30. The lowest BCUT2D eigenvalue weighted by molar-refractivity contribution is 0.288. The summed E-state index contributed by atoms with van der Waals surface area (Å²) in [5, 5.41) is 18.4. The van der Waals surface area contributed by atoms with Gasteiger partial charge >= 0.3 is 0 Å². The van der Waals surface area contributed by atoms with Gasteiger partial charge in [0, 0.05) is 6.61 Å². The number of aliphatic hydroxyl groups is 1. The highest BCUT2D eigenvalue weighted by Gasteiger charge is 2.07. The van der Waals surface area contributed by atoms with Gasteiger partial charge in [0.1, 0.15) is 5.75 Å². The van der Waals surface area contributed by atoms with Crippen LogP contribution in [-0.2, 0) is 6.42 Å². The molecule has 2 nitrogen and oxygen atoms in total. The van der Waals surface area contributed by atoms with Crippen LogP contribution >= 0.6 is 15.9 Å². The molecule has 0 saturated carbocycles. The van der Waals surface area contributed by atoms with Gasteiger partial charge in [-0.1, -0.05) is 6.07 Å². The van der Waals surface area contributed by atoms with Crippen LogP contribution < -0.4 is 0 Å². The zero-order chi connectivity index (χ0) is 9.84. The lowest BCUT2D eigenvalue weighted by atomic mass is 10.0. The first-order valence-electron chi connectivity index (χ1n) is 4.24. The minimum Gasteiger partial charge on any atom is -0.506 e. The molecule has 0 radical (unpaired) electrons. The van der Waals surface area contributed by atoms with Crippen LogP contribution in [0.5, 0.6) is 5.75 Å². The van der Waals surface area contributed by atoms with E-state index in [9.17, 15) is 5.11 Å². The number of aliphatic hydroxyl groups excluding tert-OH is 1. The van der Waals surface area contributed by atoms with Gasteiger partial charge in [-0.3, -0.25) is 0 Å². The Kier molecular flexibility index (Phi) is 3.75. The number of benzene rings is 1. The van der Waals surface area contributed by atoms with Gasteiger partial charge < -0.3 is 10.2 Å². The van der Waals surface area contributed by atoms with Crippen molar-refractivity contribution in [3.63, 3.8) is 0 Å². The fourth-order valence-electron chi connectivity index (χ4n) is 1.28. The van der Waals surface area contributed by atoms with E-state index >= 15 is 0 Å². The predicted octanol–water partition coefficient (Wildman–Crippen LogP) is 2.39. The van der Waals surface area contributed by atoms with Crippen LogP contribution in [0.25, 0.3) is 0 Å². The Labute approximate surface area is 86.3 Å². The molecule has 13 heavy (non-hydrogen) atoms. The quantitative estimate of drug-likeness (QED) is 0.858. The van der Waals surface area contributed by atoms with Gasteiger partial charge in [-0.15, -0.1) is 0 Å². The first-order chi connectivity index (χ1) is 6.16. The summed E-state index contributed by atoms with van der Waals surface area (Å²) < 4.78 is 0.714. The first kappa shape index (κ1) is 10.5. The molecule has 0 aromatic heterocycles. The van der Waals surface area contributed by atoms with Crippen molar-refractivity contribution in [1.82, 2.24) is 0 Å². The summed E-state index contributed by atoms with van der Waals surface area (Å²) in [5.41, 5.74) is 1.98. The number of phenolic OH excluding ortho intramolecular Hbond substituents is 1. The molecule has 0 bridgehead atoms. The zero-order valence-corrected chi connectivity index (χ0v) is 9.13. The highest BCUT2D eigenvalue weighted by molar-refractivity contribution is 9.10. The van der Waals surface area contributed by atoms with Gasteiger partial charge in [-0.05, 0) is 52.9 Å². The van der Waals surface area contributed by atoms with E-state index in [0.29, 0.717) is 23.1 Å². The molecule has 0 spiro atoms. The Hall–Kier alpha value is -0.540. The number of aryl methyl sites for hydroxylation is 1. The van der Waals surface area contributed by atoms with Crippen molar-refractivity contribution in [2.24, 2.45) is 0 Å². The van der Waals surface area contributed by atoms with E-state index in [4.69, 9.17) is 5.11 Å². The second kappa shape index (κ2) is 4.63. The van der Waals surface area contributed by atoms with E-state index in [1.165, 1.54) is 0 Å². The van der Waals surface area contributed by atoms with Crippen LogP contribution in [0.15, 0.2) is 16.6 Å². The summed E-state index contributed by atoms with van der Waals surface area (Å²) in [6, 6.07) is 3.78. The molecule has 0 fully saturated rings. The Morgan fingerprint density at radius 1 is 1.38 bits per heavy atom. The monoisotopic (exact) mass is 244 g/mol. The minimum absolute atomic E-state index is 0.158. The lowest BCUT2D eigenvalue weighted by Crippen LogP contribution is -1.93. The molecule has 0 aliphatic rings. The van der Waals surface area contributed by atoms with Gasteiger partial charge in [0.05, 0.1) is 4.47 Å². The number of rotatable bonds is 3. The summed E-state index contributed by atoms with van der Waals surface area (Å²) >= 11 is 3.26. The Bertz CT molecular complexity index is 297. The SMILES string of the molecule is Cc1ccc(Br)c(O)c1CCCO. The second-order valence-corrected chi connectivity index (χ2v) is 3.87. The number of hydrogen-bond donors (Lipinski definition) is 2. The van der Waals surface area contributed by atoms with E-state index < -0.39 is 0 Å². The molecule has 0 saturated heterocycles. The molecule has 1 aromatic rings. The van der Waals surface area contributed by atoms with Crippen molar-refractivity contribution in [3.05, 3.63) is 27.7 Å². The normalized spacial score (nSPS) is 10.4. The van der Waals surface area contributed by atoms with Gasteiger partial charge in [0.15, 0.2) is 0 Å². The van der Waals surface area contributed by atoms with Crippen LogP contribution in [0.1, 0.15) is 17.5 Å². The summed E-state index contributed by atoms with van der Waals surface area (Å²) in [7, 11) is 0. The first-order valence-corrected chi connectivity index (χ1v) is 5.04. The molecule has 0 unspecified atom stereocenters. The molecule has 0 aliphatic carbocycles. The van der Waals surface area contributed by atoms with Crippen molar-refractivity contribution in [2.45, 2.75) is 19.8 Å². The number of hydrogen-bond acceptors (Lipinski definition) is 2. The molecule has 0 aliphatic heterocycles. The molecule has 0 amide bonds. The van der Waals surface area contributed by atoms with Crippen LogP contribution in [0.2, 0.25) is 0 Å². The van der Waals surface area contributed by atoms with E-state index in [0.717, 1.165) is 11.1 Å². The fraction of sp³-hybridized carbons (Fsp3) is 0.400. The van der Waals surface area contributed by atoms with Crippen molar-refractivity contribution < 1.29 is 10.2 Å². The lowest BCUT2D eigenvalue weighted by Gasteiger charge is -2.08. The Morgan fingerprint density at radius 2 is 2.08 bits per heavy atom. The molecule has 3 heteroatoms. The van der Waals surface area contributed by atoms with Crippen molar-refractivity contribution in [1.29, 1.82) is 0 Å². The molecule has 2 N–H and O–H groups in total. The highest BCUT2D eigenvalue weighted by atomic mass is 79.9. The maximum Gasteiger partial charge on any atom is 0.133 e. The Morgan fingerprint density at radius 3 is 2.69 bits per heavy atom. The Balaban J connectivity index is 2.96. The van der Waals surface area contributed by atoms with Crippen LogP contribution in [0, 0.1) is 6.92 Å². The van der Waals surface area contributed by atoms with Crippen LogP contribution in [-0.4, -0.2) is 16.8 Å². The van der Waals surface area contributed by atoms with Crippen molar-refractivity contribution in [2.75, 3.05) is 6.61 Å². The molecule has 1 rings (SSSR count). The van der Waals surface area contributed by atoms with Crippen LogP contribution in [0.3, 0.4) is 0 Å². The topological polar surface area (TPSA) is 40.5 Å². The smallest absolute Gasteiger partial charge is 0.133 e. The number of halogens is 1. The van der Waals surface area contributed by atoms with Crippen molar-refractivity contribution >= 4 is 15.9 Å². The van der Waals surface area contributed by atoms with E-state index in [2.05, 4.69) is 15.9 Å². The van der Waals surface area contributed by atoms with Gasteiger partial charge in [0.25, 0.3) is 0 Å². The van der Waals surface area contributed by atoms with E-state index in [1.54, 1.807) is 0 Å². The summed E-state index contributed by atoms with van der Waals surface area (Å²) in [6.45, 7) is 2.12. The molecular weight excluding hydrogens is 232 g/mol. The molecule has 0 heterocycles. The average molecular weight is 245 g/mol. The standard InChI is InChI=1S/C10H13BrO2/c1-7-4-5-9(11)10(13)8(7)3-2-6-12/h4-5,12-13H,2-3,6H2,1H3. The van der Waals surface area contributed by atoms with Gasteiger partial charge in [0.2, 0.25) is 0 Å². The van der Waals surface area contributed by atoms with E-state index in [1.807, 2.05) is 19.1 Å². The van der Waals surface area contributed by atoms with Crippen molar-refractivity contribution in [3.8, 4) is 5.75 Å². The number of phenols is 1.